The smallest absolute Gasteiger partial charge is 0.311 e. The summed E-state index contributed by atoms with van der Waals surface area (Å²) in [6.45, 7) is 2.11. The molecule has 176 valence electrons. The normalized spacial score (nSPS) is 15.3. The van der Waals surface area contributed by atoms with Gasteiger partial charge in [0.2, 0.25) is 5.91 Å². The molecule has 1 aliphatic heterocycles. The van der Waals surface area contributed by atoms with Crippen LogP contribution in [0.25, 0.3) is 5.69 Å². The number of benzene rings is 2. The van der Waals surface area contributed by atoms with Crippen LogP contribution < -0.4 is 15.0 Å². The van der Waals surface area contributed by atoms with Crippen LogP contribution in [-0.4, -0.2) is 52.3 Å². The quantitative estimate of drug-likeness (QED) is 0.490. The molecule has 1 atom stereocenters. The standard InChI is InChI=1S/C23H22ClN5O5/c1-2-33-18-6-4-17(5-7-18)28-11-15(9-22(28)31)23(32)34-12-21(30)27-19-10-16(24)3-8-20(19)29-14-25-13-26-29/h3-8,10,13-15H,2,9,11-12H2,1H3,(H,27,30). The highest BCUT2D eigenvalue weighted by atomic mass is 35.5. The fourth-order valence-electron chi connectivity index (χ4n) is 3.59. The van der Waals surface area contributed by atoms with Crippen molar-refractivity contribution in [2.45, 2.75) is 13.3 Å². The SMILES string of the molecule is CCOc1ccc(N2CC(C(=O)OCC(=O)Nc3cc(Cl)ccc3-n3cncn3)CC2=O)cc1. The van der Waals surface area contributed by atoms with E-state index >= 15 is 0 Å². The van der Waals surface area contributed by atoms with E-state index in [0.29, 0.717) is 34.4 Å². The predicted octanol–water partition coefficient (Wildman–Crippen LogP) is 2.85. The molecule has 1 aromatic heterocycles. The molecule has 11 heteroatoms. The van der Waals surface area contributed by atoms with Gasteiger partial charge in [-0.15, -0.1) is 0 Å². The lowest BCUT2D eigenvalue weighted by Crippen LogP contribution is -2.28. The van der Waals surface area contributed by atoms with E-state index in [1.54, 1.807) is 42.5 Å². The van der Waals surface area contributed by atoms with E-state index in [4.69, 9.17) is 21.1 Å². The summed E-state index contributed by atoms with van der Waals surface area (Å²) in [7, 11) is 0. The van der Waals surface area contributed by atoms with Gasteiger partial charge in [-0.25, -0.2) is 9.67 Å². The molecule has 0 saturated carbocycles. The fraction of sp³-hybridized carbons (Fsp3) is 0.261. The van der Waals surface area contributed by atoms with Crippen molar-refractivity contribution in [2.75, 3.05) is 30.0 Å². The van der Waals surface area contributed by atoms with Gasteiger partial charge < -0.3 is 19.7 Å². The molecule has 1 unspecified atom stereocenters. The Morgan fingerprint density at radius 1 is 1.21 bits per heavy atom. The first-order valence-electron chi connectivity index (χ1n) is 10.6. The van der Waals surface area contributed by atoms with Gasteiger partial charge in [-0.2, -0.15) is 5.10 Å². The molecule has 10 nitrogen and oxygen atoms in total. The maximum absolute atomic E-state index is 12.5. The van der Waals surface area contributed by atoms with E-state index in [2.05, 4.69) is 15.4 Å². The third-order valence-corrected chi connectivity index (χ3v) is 5.40. The number of esters is 1. The van der Waals surface area contributed by atoms with Crippen molar-refractivity contribution in [1.82, 2.24) is 14.8 Å². The minimum Gasteiger partial charge on any atom is -0.494 e. The zero-order chi connectivity index (χ0) is 24.1. The Morgan fingerprint density at radius 2 is 2.00 bits per heavy atom. The molecule has 0 bridgehead atoms. The van der Waals surface area contributed by atoms with Gasteiger partial charge in [0, 0.05) is 23.7 Å². The Kier molecular flexibility index (Phi) is 7.07. The van der Waals surface area contributed by atoms with Crippen LogP contribution in [-0.2, 0) is 19.1 Å². The second-order valence-corrected chi connectivity index (χ2v) is 7.93. The Balaban J connectivity index is 1.33. The van der Waals surface area contributed by atoms with Crippen LogP contribution in [0.15, 0.2) is 55.1 Å². The van der Waals surface area contributed by atoms with Crippen molar-refractivity contribution in [2.24, 2.45) is 5.92 Å². The highest BCUT2D eigenvalue weighted by molar-refractivity contribution is 6.31. The molecule has 2 aromatic carbocycles. The summed E-state index contributed by atoms with van der Waals surface area (Å²) < 4.78 is 12.1. The molecule has 2 heterocycles. The molecule has 2 amide bonds. The molecule has 0 aliphatic carbocycles. The summed E-state index contributed by atoms with van der Waals surface area (Å²) in [5.41, 5.74) is 1.61. The third-order valence-electron chi connectivity index (χ3n) is 5.16. The van der Waals surface area contributed by atoms with Crippen LogP contribution in [0.3, 0.4) is 0 Å². The first kappa shape index (κ1) is 23.2. The number of hydrogen-bond donors (Lipinski definition) is 1. The number of carbonyl (C=O) groups excluding carboxylic acids is 3. The molecule has 0 radical (unpaired) electrons. The van der Waals surface area contributed by atoms with E-state index in [-0.39, 0.29) is 18.9 Å². The molecular formula is C23H22ClN5O5. The largest absolute Gasteiger partial charge is 0.494 e. The van der Waals surface area contributed by atoms with Gasteiger partial charge in [-0.1, -0.05) is 11.6 Å². The first-order chi connectivity index (χ1) is 16.4. The van der Waals surface area contributed by atoms with Crippen LogP contribution in [0.4, 0.5) is 11.4 Å². The maximum atomic E-state index is 12.5. The van der Waals surface area contributed by atoms with Gasteiger partial charge >= 0.3 is 5.97 Å². The van der Waals surface area contributed by atoms with E-state index in [1.807, 2.05) is 6.92 Å². The number of aromatic nitrogens is 3. The average Bonchev–Trinajstić information content (AvgIpc) is 3.49. The van der Waals surface area contributed by atoms with E-state index in [0.717, 1.165) is 0 Å². The molecule has 1 aliphatic rings. The summed E-state index contributed by atoms with van der Waals surface area (Å²) >= 11 is 6.05. The van der Waals surface area contributed by atoms with Crippen molar-refractivity contribution >= 4 is 40.8 Å². The van der Waals surface area contributed by atoms with Gasteiger partial charge in [0.05, 0.1) is 23.9 Å². The lowest BCUT2D eigenvalue weighted by atomic mass is 10.1. The number of ether oxygens (including phenoxy) is 2. The van der Waals surface area contributed by atoms with Crippen LogP contribution >= 0.6 is 11.6 Å². The highest BCUT2D eigenvalue weighted by Gasteiger charge is 2.36. The minimum absolute atomic E-state index is 0.0123. The van der Waals surface area contributed by atoms with Gasteiger partial charge in [-0.3, -0.25) is 14.4 Å². The minimum atomic E-state index is -0.663. The monoisotopic (exact) mass is 483 g/mol. The predicted molar refractivity (Wildman–Crippen MR) is 124 cm³/mol. The molecule has 0 spiro atoms. The van der Waals surface area contributed by atoms with Crippen molar-refractivity contribution in [3.05, 3.63) is 60.1 Å². The van der Waals surface area contributed by atoms with Gasteiger partial charge in [0.15, 0.2) is 6.61 Å². The first-order valence-corrected chi connectivity index (χ1v) is 11.0. The van der Waals surface area contributed by atoms with Gasteiger partial charge in [0.25, 0.3) is 5.91 Å². The maximum Gasteiger partial charge on any atom is 0.311 e. The lowest BCUT2D eigenvalue weighted by Gasteiger charge is -2.17. The van der Waals surface area contributed by atoms with Gasteiger partial charge in [0.1, 0.15) is 18.4 Å². The Morgan fingerprint density at radius 3 is 2.71 bits per heavy atom. The second-order valence-electron chi connectivity index (χ2n) is 7.49. The van der Waals surface area contributed by atoms with Crippen molar-refractivity contribution < 1.29 is 23.9 Å². The number of hydrogen-bond acceptors (Lipinski definition) is 7. The number of halogens is 1. The molecule has 34 heavy (non-hydrogen) atoms. The molecule has 1 fully saturated rings. The lowest BCUT2D eigenvalue weighted by molar-refractivity contribution is -0.151. The fourth-order valence-corrected chi connectivity index (χ4v) is 3.76. The molecule has 4 rings (SSSR count). The van der Waals surface area contributed by atoms with E-state index < -0.39 is 24.4 Å². The number of nitrogens with zero attached hydrogens (tertiary/aromatic N) is 4. The second kappa shape index (κ2) is 10.3. The summed E-state index contributed by atoms with van der Waals surface area (Å²) in [5.74, 6) is -1.31. The summed E-state index contributed by atoms with van der Waals surface area (Å²) in [4.78, 5) is 42.8. The number of anilines is 2. The summed E-state index contributed by atoms with van der Waals surface area (Å²) in [5, 5.41) is 7.12. The van der Waals surface area contributed by atoms with Crippen molar-refractivity contribution in [3.8, 4) is 11.4 Å². The molecule has 1 N–H and O–H groups in total. The zero-order valence-corrected chi connectivity index (χ0v) is 19.1. The number of nitrogens with one attached hydrogen (secondary N) is 1. The molecule has 1 saturated heterocycles. The highest BCUT2D eigenvalue weighted by Crippen LogP contribution is 2.28. The molecule has 3 aromatic rings. The average molecular weight is 484 g/mol. The summed E-state index contributed by atoms with van der Waals surface area (Å²) in [6.07, 6.45) is 2.85. The molecular weight excluding hydrogens is 462 g/mol. The van der Waals surface area contributed by atoms with Crippen LogP contribution in [0.2, 0.25) is 5.02 Å². The van der Waals surface area contributed by atoms with Crippen LogP contribution in [0, 0.1) is 5.92 Å². The zero-order valence-electron chi connectivity index (χ0n) is 18.3. The number of amides is 2. The van der Waals surface area contributed by atoms with Crippen molar-refractivity contribution in [3.63, 3.8) is 0 Å². The van der Waals surface area contributed by atoms with Gasteiger partial charge in [-0.05, 0) is 49.4 Å². The summed E-state index contributed by atoms with van der Waals surface area (Å²) in [6, 6.07) is 12.0. The van der Waals surface area contributed by atoms with Crippen molar-refractivity contribution in [1.29, 1.82) is 0 Å². The van der Waals surface area contributed by atoms with E-state index in [1.165, 1.54) is 22.2 Å². The Hall–Kier alpha value is -3.92. The van der Waals surface area contributed by atoms with Crippen LogP contribution in [0.5, 0.6) is 5.75 Å². The number of rotatable bonds is 8. The topological polar surface area (TPSA) is 116 Å². The third kappa shape index (κ3) is 5.34. The van der Waals surface area contributed by atoms with Crippen LogP contribution in [0.1, 0.15) is 13.3 Å². The van der Waals surface area contributed by atoms with E-state index in [9.17, 15) is 14.4 Å². The number of carbonyl (C=O) groups is 3. The Bertz CT molecular complexity index is 1180. The Labute approximate surface area is 200 Å².